The van der Waals surface area contributed by atoms with Crippen LogP contribution in [-0.2, 0) is 33.4 Å². The average molecular weight is 942 g/mol. The van der Waals surface area contributed by atoms with Crippen LogP contribution in [0.4, 0.5) is 0 Å². The molecule has 3 nitrogen and oxygen atoms in total. The Balaban J connectivity index is 2.57. The van der Waals surface area contributed by atoms with Gasteiger partial charge in [0, 0.05) is 0 Å². The van der Waals surface area contributed by atoms with Crippen LogP contribution in [0.1, 0.15) is 289 Å². The Kier molecular flexibility index (Phi) is 34.7. The molecule has 0 amide bonds. The van der Waals surface area contributed by atoms with Crippen molar-refractivity contribution in [3.05, 3.63) is 59.2 Å². The van der Waals surface area contributed by atoms with Gasteiger partial charge in [0.25, 0.3) is 0 Å². The Morgan fingerprint density at radius 3 is 1.05 bits per heavy atom. The van der Waals surface area contributed by atoms with Crippen molar-refractivity contribution in [1.82, 2.24) is 0 Å². The molecule has 65 heavy (non-hydrogen) atoms. The van der Waals surface area contributed by atoms with E-state index >= 15 is 8.42 Å². The fourth-order valence-electron chi connectivity index (χ4n) is 10.7. The summed E-state index contributed by atoms with van der Waals surface area (Å²) in [6.45, 7) is 10.2. The molecule has 0 fully saturated rings. The molecule has 0 aliphatic heterocycles. The van der Waals surface area contributed by atoms with Gasteiger partial charge >= 0.3 is 311 Å². The van der Waals surface area contributed by atoms with Crippen molar-refractivity contribution < 1.29 is 12.4 Å². The number of rotatable bonds is 46. The van der Waals surface area contributed by atoms with E-state index in [2.05, 4.69) is 77.9 Å². The summed E-state index contributed by atoms with van der Waals surface area (Å²) in [5.41, 5.74) is 3.91. The third-order valence-electron chi connectivity index (χ3n) is 14.9. The molecule has 0 saturated carbocycles. The molecule has 0 saturated heterocycles. The molecule has 2 aromatic carbocycles. The first kappa shape index (κ1) is 59.9. The Bertz CT molecular complexity index is 1500. The van der Waals surface area contributed by atoms with E-state index in [4.69, 9.17) is 3.97 Å². The molecule has 0 bridgehead atoms. The summed E-state index contributed by atoms with van der Waals surface area (Å²) in [6, 6.07) is 15.1. The van der Waals surface area contributed by atoms with Gasteiger partial charge in [0.1, 0.15) is 0 Å². The molecule has 2 rings (SSSR count). The van der Waals surface area contributed by atoms with Crippen LogP contribution in [0.2, 0.25) is 0 Å². The monoisotopic (exact) mass is 941 g/mol. The quantitative estimate of drug-likeness (QED) is 0.0491. The van der Waals surface area contributed by atoms with Gasteiger partial charge < -0.3 is 0 Å². The van der Waals surface area contributed by atoms with Gasteiger partial charge in [-0.15, -0.1) is 0 Å². The summed E-state index contributed by atoms with van der Waals surface area (Å²) in [5, 5.41) is 1.18. The summed E-state index contributed by atoms with van der Waals surface area (Å²) >= 11 is 0. The molecule has 5 heteroatoms. The summed E-state index contributed by atoms with van der Waals surface area (Å²) < 4.78 is 38.8. The fraction of sp³-hybridized carbons (Fsp3) is 0.800. The number of hydrogen-bond acceptors (Lipinski definition) is 3. The minimum Gasteiger partial charge on any atom is -0.0654 e. The minimum atomic E-state index is -4.09. The molecular formula is C60H109O3PS. The zero-order valence-electron chi connectivity index (χ0n) is 44.3. The first-order valence-corrected chi connectivity index (χ1v) is 33.1. The maximum absolute atomic E-state index is 15.7. The van der Waals surface area contributed by atoms with Crippen molar-refractivity contribution in [2.45, 2.75) is 297 Å². The van der Waals surface area contributed by atoms with E-state index in [0.717, 1.165) is 94.7 Å². The van der Waals surface area contributed by atoms with Crippen LogP contribution in [0.15, 0.2) is 47.4 Å². The van der Waals surface area contributed by atoms with Gasteiger partial charge in [0.15, 0.2) is 0 Å². The van der Waals surface area contributed by atoms with E-state index < -0.39 is 16.9 Å². The predicted octanol–water partition coefficient (Wildman–Crippen LogP) is 20.0. The molecule has 0 N–H and O–H groups in total. The zero-order chi connectivity index (χ0) is 47.2. The number of unbranched alkanes of at least 4 members (excludes halogenated alkanes) is 30. The van der Waals surface area contributed by atoms with Gasteiger partial charge in [-0.2, -0.15) is 0 Å². The Morgan fingerprint density at radius 2 is 0.677 bits per heavy atom. The molecule has 0 unspecified atom stereocenters. The molecule has 0 spiro atoms. The zero-order valence-corrected chi connectivity index (χ0v) is 46.0. The maximum atomic E-state index is 15.7. The normalized spacial score (nSPS) is 12.8. The van der Waals surface area contributed by atoms with Gasteiger partial charge in [0.2, 0.25) is 0 Å². The number of hydrogen-bond donors (Lipinski definition) is 0. The SMILES string of the molecule is CCCCCCCCCCCCc1ccc(S(=O)(=O)OP(CCCC)(CCCC)(CCCC)c2ccccc2)c(CCCCCCCCCCCC)c1CCCCCCCCCCCC. The van der Waals surface area contributed by atoms with Gasteiger partial charge in [-0.05, 0) is 0 Å². The second-order valence-corrected chi connectivity index (χ2v) is 27.7. The Morgan fingerprint density at radius 1 is 0.354 bits per heavy atom. The summed E-state index contributed by atoms with van der Waals surface area (Å²) in [6.07, 6.45) is 50.8. The van der Waals surface area contributed by atoms with Gasteiger partial charge in [-0.3, -0.25) is 0 Å². The summed E-state index contributed by atoms with van der Waals surface area (Å²) in [7, 11) is -4.09. The third kappa shape index (κ3) is 23.8. The van der Waals surface area contributed by atoms with E-state index in [0.29, 0.717) is 4.90 Å². The summed E-state index contributed by atoms with van der Waals surface area (Å²) in [5.74, 6) is 0. The van der Waals surface area contributed by atoms with E-state index in [9.17, 15) is 0 Å². The first-order valence-electron chi connectivity index (χ1n) is 28.9. The molecule has 0 radical (unpaired) electrons. The molecule has 0 aliphatic rings. The van der Waals surface area contributed by atoms with Crippen LogP contribution in [0, 0.1) is 0 Å². The van der Waals surface area contributed by atoms with Crippen molar-refractivity contribution >= 4 is 22.3 Å². The molecule has 0 aromatic heterocycles. The van der Waals surface area contributed by atoms with Crippen molar-refractivity contribution in [2.75, 3.05) is 18.5 Å². The standard InChI is InChI=1S/C60H109O3PS/c1-7-13-19-22-25-28-31-34-37-41-46-56-51-52-60(65(61,62)63-64(53-16-10-4,54-17-11-5,55-18-12-6)57-47-42-40-43-48-57)59(50-45-39-36-33-30-27-24-21-15-9-3)58(56)49-44-38-35-32-29-26-23-20-14-8-2/h40,42-43,47-48,51-52H,7-39,41,44-46,49-50,53-55H2,1-6H3. The molecule has 378 valence electrons. The van der Waals surface area contributed by atoms with Gasteiger partial charge in [0.05, 0.1) is 0 Å². The van der Waals surface area contributed by atoms with Gasteiger partial charge in [-0.25, -0.2) is 0 Å². The summed E-state index contributed by atoms with van der Waals surface area (Å²) in [4.78, 5) is 0.511. The van der Waals surface area contributed by atoms with Crippen LogP contribution in [0.3, 0.4) is 0 Å². The first-order chi connectivity index (χ1) is 31.8. The number of aryl methyl sites for hydroxylation is 1. The van der Waals surface area contributed by atoms with E-state index in [1.54, 1.807) is 0 Å². The Labute approximate surface area is 407 Å². The predicted molar refractivity (Wildman–Crippen MR) is 294 cm³/mol. The second-order valence-electron chi connectivity index (χ2n) is 20.7. The molecule has 2 aromatic rings. The molecular weight excluding hydrogens is 832 g/mol. The number of benzene rings is 2. The fourth-order valence-corrected chi connectivity index (χ4v) is 20.6. The molecule has 0 aliphatic carbocycles. The molecule has 0 heterocycles. The van der Waals surface area contributed by atoms with E-state index in [1.165, 1.54) is 196 Å². The topological polar surface area (TPSA) is 43.4 Å². The van der Waals surface area contributed by atoms with E-state index in [1.807, 2.05) is 6.07 Å². The van der Waals surface area contributed by atoms with E-state index in [-0.39, 0.29) is 0 Å². The smallest absolute Gasteiger partial charge is 0.0654 e. The Hall–Kier alpha value is -1.22. The minimum absolute atomic E-state index is 0.511. The van der Waals surface area contributed by atoms with Crippen LogP contribution >= 0.6 is 6.83 Å². The van der Waals surface area contributed by atoms with Crippen LogP contribution < -0.4 is 5.30 Å². The van der Waals surface area contributed by atoms with Crippen molar-refractivity contribution in [3.8, 4) is 0 Å². The molecule has 0 atom stereocenters. The van der Waals surface area contributed by atoms with Crippen LogP contribution in [0.25, 0.3) is 0 Å². The van der Waals surface area contributed by atoms with Crippen LogP contribution in [-0.4, -0.2) is 26.9 Å². The average Bonchev–Trinajstić information content (AvgIpc) is 3.31. The third-order valence-corrected chi connectivity index (χ3v) is 23.8. The second kappa shape index (κ2) is 37.6. The van der Waals surface area contributed by atoms with Crippen LogP contribution in [0.5, 0.6) is 0 Å². The van der Waals surface area contributed by atoms with Gasteiger partial charge in [-0.1, -0.05) is 97.8 Å². The van der Waals surface area contributed by atoms with Crippen molar-refractivity contribution in [1.29, 1.82) is 0 Å². The van der Waals surface area contributed by atoms with Crippen molar-refractivity contribution in [3.63, 3.8) is 0 Å². The van der Waals surface area contributed by atoms with Crippen molar-refractivity contribution in [2.24, 2.45) is 0 Å².